The van der Waals surface area contributed by atoms with Gasteiger partial charge in [0.1, 0.15) is 0 Å². The van der Waals surface area contributed by atoms with Crippen LogP contribution in [0.25, 0.3) is 0 Å². The van der Waals surface area contributed by atoms with E-state index in [-0.39, 0.29) is 0 Å². The van der Waals surface area contributed by atoms with Gasteiger partial charge < -0.3 is 0 Å². The van der Waals surface area contributed by atoms with Crippen LogP contribution in [0.4, 0.5) is 101 Å². The van der Waals surface area contributed by atoms with Crippen LogP contribution in [0.2, 0.25) is 0 Å². The molecule has 0 aliphatic carbocycles. The van der Waals surface area contributed by atoms with E-state index in [1.165, 1.54) is 0 Å². The summed E-state index contributed by atoms with van der Waals surface area (Å²) in [6.45, 7) is 0. The van der Waals surface area contributed by atoms with Gasteiger partial charge in [0.2, 0.25) is 0 Å². The molecule has 1 N–H and O–H groups in total. The number of sulfonamides is 1. The molecule has 0 radical (unpaired) electrons. The quantitative estimate of drug-likeness (QED) is 0.134. The first-order valence-corrected chi connectivity index (χ1v) is 9.00. The Morgan fingerprint density at radius 2 is 0.684 bits per heavy atom. The molecule has 0 saturated carbocycles. The number of hydrogen-bond donors (Lipinski definition) is 1. The zero-order valence-corrected chi connectivity index (χ0v) is 16.7. The van der Waals surface area contributed by atoms with Crippen molar-refractivity contribution < 1.29 is 109 Å². The fraction of sp³-hybridized carbons (Fsp3) is 1.00. The Morgan fingerprint density at radius 1 is 0.421 bits per heavy atom. The Labute approximate surface area is 190 Å². The summed E-state index contributed by atoms with van der Waals surface area (Å²) in [6, 6.07) is -7.38. The lowest BCUT2D eigenvalue weighted by Gasteiger charge is -2.42. The molecule has 0 aliphatic heterocycles. The standard InChI is InChI=1S/C10HF23N2O2S/c11-1(12,3(15,16)5(19,20)7(23,24)25)2(13,14)4(17,18)6(21,22)10(31,32)38(36,37)34-35(33)9(29,30)8(26,27)28/h34H. The van der Waals surface area contributed by atoms with E-state index in [1.807, 2.05) is 0 Å². The van der Waals surface area contributed by atoms with E-state index in [0.717, 1.165) is 0 Å². The molecule has 0 rings (SSSR count). The highest BCUT2D eigenvalue weighted by Gasteiger charge is 2.96. The molecule has 0 heterocycles. The molecule has 28 heteroatoms. The minimum atomic E-state index is -9.29. The summed E-state index contributed by atoms with van der Waals surface area (Å²) < 4.78 is 316. The molecular formula is C10HF23N2O2S. The van der Waals surface area contributed by atoms with Crippen LogP contribution in [0.3, 0.4) is 0 Å². The second kappa shape index (κ2) is 8.88. The SMILES string of the molecule is O=S(=O)(NN(F)C(F)(F)C(F)(F)F)C(F)(F)C(F)(F)C(F)(F)C(F)(F)C(F)(F)C(F)(F)C(F)(F)C(F)(F)F. The average Bonchev–Trinajstić information content (AvgIpc) is 2.64. The van der Waals surface area contributed by atoms with Crippen LogP contribution in [0.5, 0.6) is 0 Å². The number of halogens is 23. The zero-order valence-electron chi connectivity index (χ0n) is 15.9. The van der Waals surface area contributed by atoms with Crippen molar-refractivity contribution >= 4 is 10.0 Å². The van der Waals surface area contributed by atoms with Gasteiger partial charge in [0, 0.05) is 5.23 Å². The lowest BCUT2D eigenvalue weighted by molar-refractivity contribution is -0.458. The summed E-state index contributed by atoms with van der Waals surface area (Å²) in [4.78, 5) is -1.56. The highest BCUT2D eigenvalue weighted by molar-refractivity contribution is 7.90. The van der Waals surface area contributed by atoms with Crippen molar-refractivity contribution in [2.75, 3.05) is 0 Å². The van der Waals surface area contributed by atoms with Gasteiger partial charge in [-0.1, -0.05) is 0 Å². The first-order chi connectivity index (χ1) is 15.9. The maximum atomic E-state index is 13.5. The number of hydrogen-bond acceptors (Lipinski definition) is 3. The van der Waals surface area contributed by atoms with Gasteiger partial charge >= 0.3 is 59.2 Å². The van der Waals surface area contributed by atoms with Crippen molar-refractivity contribution in [3.05, 3.63) is 0 Å². The second-order valence-electron chi connectivity index (χ2n) is 6.38. The number of nitrogens with zero attached hydrogens (tertiary/aromatic N) is 1. The Hall–Kier alpha value is -1.74. The largest absolute Gasteiger partial charge is 0.473 e. The van der Waals surface area contributed by atoms with Crippen LogP contribution in [0.15, 0.2) is 0 Å². The third-order valence-corrected chi connectivity index (χ3v) is 5.15. The third-order valence-electron chi connectivity index (χ3n) is 3.82. The van der Waals surface area contributed by atoms with E-state index in [2.05, 4.69) is 0 Å². The second-order valence-corrected chi connectivity index (χ2v) is 8.08. The van der Waals surface area contributed by atoms with Gasteiger partial charge in [0.05, 0.1) is 0 Å². The van der Waals surface area contributed by atoms with E-state index < -0.39 is 79.3 Å². The summed E-state index contributed by atoms with van der Waals surface area (Å²) in [5.41, 5.74) is 0. The molecule has 4 nitrogen and oxygen atoms in total. The first-order valence-electron chi connectivity index (χ1n) is 7.52. The van der Waals surface area contributed by atoms with Crippen molar-refractivity contribution in [3.63, 3.8) is 0 Å². The number of nitrogens with one attached hydrogen (secondary N) is 1. The smallest absolute Gasteiger partial charge is 0.204 e. The Balaban J connectivity index is 6.94. The molecule has 0 aliphatic rings. The number of hydrazine groups is 1. The molecule has 0 amide bonds. The van der Waals surface area contributed by atoms with E-state index in [9.17, 15) is 109 Å². The number of alkyl halides is 22. The molecule has 0 aromatic heterocycles. The maximum Gasteiger partial charge on any atom is 0.473 e. The summed E-state index contributed by atoms with van der Waals surface area (Å²) >= 11 is 0. The molecule has 0 bridgehead atoms. The van der Waals surface area contributed by atoms with Crippen LogP contribution < -0.4 is 4.83 Å². The molecule has 0 spiro atoms. The van der Waals surface area contributed by atoms with Crippen LogP contribution in [0.1, 0.15) is 0 Å². The molecule has 0 fully saturated rings. The van der Waals surface area contributed by atoms with Crippen LogP contribution in [-0.4, -0.2) is 72.8 Å². The predicted molar refractivity (Wildman–Crippen MR) is 66.7 cm³/mol. The van der Waals surface area contributed by atoms with Crippen molar-refractivity contribution in [3.8, 4) is 0 Å². The predicted octanol–water partition coefficient (Wildman–Crippen LogP) is 6.13. The highest BCUT2D eigenvalue weighted by atomic mass is 32.2. The lowest BCUT2D eigenvalue weighted by Crippen LogP contribution is -2.75. The van der Waals surface area contributed by atoms with Crippen molar-refractivity contribution in [1.29, 1.82) is 0 Å². The molecule has 0 aromatic rings. The molecule has 0 aromatic carbocycles. The van der Waals surface area contributed by atoms with Gasteiger partial charge in [-0.2, -0.15) is 96.6 Å². The minimum absolute atomic E-state index is 1.56. The van der Waals surface area contributed by atoms with E-state index >= 15 is 0 Å². The fourth-order valence-corrected chi connectivity index (χ4v) is 2.56. The van der Waals surface area contributed by atoms with Gasteiger partial charge in [-0.15, -0.1) is 9.31 Å². The van der Waals surface area contributed by atoms with E-state index in [4.69, 9.17) is 0 Å². The zero-order chi connectivity index (χ0) is 31.8. The van der Waals surface area contributed by atoms with Crippen molar-refractivity contribution in [2.24, 2.45) is 0 Å². The topological polar surface area (TPSA) is 49.4 Å². The lowest BCUT2D eigenvalue weighted by atomic mass is 9.91. The molecule has 0 atom stereocenters. The first kappa shape index (κ1) is 36.3. The molecular weight excluding hydrogens is 649 g/mol. The minimum Gasteiger partial charge on any atom is -0.204 e. The normalized spacial score (nSPS) is 16.8. The summed E-state index contributed by atoms with van der Waals surface area (Å²) in [5.74, 6) is -54.3. The summed E-state index contributed by atoms with van der Waals surface area (Å²) in [6.07, 6.45) is -15.5. The van der Waals surface area contributed by atoms with E-state index in [1.54, 1.807) is 0 Å². The summed E-state index contributed by atoms with van der Waals surface area (Å²) in [5, 5.41) is -12.5. The Kier molecular flexibility index (Phi) is 8.48. The molecule has 0 saturated heterocycles. The van der Waals surface area contributed by atoms with Crippen molar-refractivity contribution in [1.82, 2.24) is 10.1 Å². The van der Waals surface area contributed by atoms with Gasteiger partial charge in [-0.25, -0.2) is 8.42 Å². The fourth-order valence-electron chi connectivity index (χ4n) is 1.65. The molecule has 230 valence electrons. The van der Waals surface area contributed by atoms with E-state index in [0.29, 0.717) is 0 Å². The van der Waals surface area contributed by atoms with Gasteiger partial charge in [-0.3, -0.25) is 0 Å². The van der Waals surface area contributed by atoms with Crippen LogP contribution in [-0.2, 0) is 10.0 Å². The van der Waals surface area contributed by atoms with Gasteiger partial charge in [0.15, 0.2) is 0 Å². The monoisotopic (exact) mass is 650 g/mol. The van der Waals surface area contributed by atoms with Crippen molar-refractivity contribution in [2.45, 2.75) is 59.2 Å². The molecule has 0 unspecified atom stereocenters. The average molecular weight is 650 g/mol. The number of rotatable bonds is 10. The van der Waals surface area contributed by atoms with Gasteiger partial charge in [-0.05, 0) is 0 Å². The highest BCUT2D eigenvalue weighted by Crippen LogP contribution is 2.64. The Morgan fingerprint density at radius 3 is 0.947 bits per heavy atom. The Bertz CT molecular complexity index is 977. The van der Waals surface area contributed by atoms with Crippen LogP contribution >= 0.6 is 0 Å². The third kappa shape index (κ3) is 4.65. The van der Waals surface area contributed by atoms with Gasteiger partial charge in [0.25, 0.3) is 10.0 Å². The summed E-state index contributed by atoms with van der Waals surface area (Å²) in [7, 11) is -8.77. The molecule has 38 heavy (non-hydrogen) atoms. The maximum absolute atomic E-state index is 13.5. The van der Waals surface area contributed by atoms with Crippen LogP contribution in [0, 0.1) is 0 Å².